The third-order valence-corrected chi connectivity index (χ3v) is 7.48. The van der Waals surface area contributed by atoms with Gasteiger partial charge in [-0.15, -0.1) is 0 Å². The van der Waals surface area contributed by atoms with Gasteiger partial charge >= 0.3 is 5.97 Å². The Bertz CT molecular complexity index is 1800. The van der Waals surface area contributed by atoms with Gasteiger partial charge in [0.05, 0.1) is 17.6 Å². The number of ketones is 1. The smallest absolute Gasteiger partial charge is 0.306 e. The molecule has 0 fully saturated rings. The zero-order valence-corrected chi connectivity index (χ0v) is 26.1. The minimum atomic E-state index is -1.38. The first-order valence-corrected chi connectivity index (χ1v) is 15.1. The first-order valence-electron chi connectivity index (χ1n) is 15.1. The average Bonchev–Trinajstić information content (AvgIpc) is 3.65. The molecule has 0 spiro atoms. The first-order chi connectivity index (χ1) is 21.4. The number of nitrogens with zero attached hydrogens (tertiary/aromatic N) is 5. The number of benzene rings is 1. The standard InChI is InChI=1S/C34H39N7O4/c1-33(2,3)45-30(43)13-9-8-12-25(42)14-15-41-21-23(19-38-41)22-16-26-27(20-37-31(26)36-18-22)28-17-29(40-32(35)39-28)34(4,44)24-10-6-5-7-11-24/h5-7,10-11,16-21,44H,8-9,12-15H2,1-4H3,(H,36,37)(H2,35,39,40). The first kappa shape index (κ1) is 31.5. The van der Waals surface area contributed by atoms with Gasteiger partial charge in [-0.1, -0.05) is 30.3 Å². The highest BCUT2D eigenvalue weighted by Crippen LogP contribution is 2.34. The number of Topliss-reactive ketones (excluding diaryl/α,β-unsaturated/α-hetero) is 1. The van der Waals surface area contributed by atoms with Crippen LogP contribution in [0.15, 0.2) is 67.3 Å². The molecule has 1 atom stereocenters. The lowest BCUT2D eigenvalue weighted by Crippen LogP contribution is -2.25. The number of anilines is 1. The number of nitrogen functional groups attached to an aromatic ring is 1. The number of nitrogens with two attached hydrogens (primary N) is 1. The summed E-state index contributed by atoms with van der Waals surface area (Å²) in [5, 5.41) is 16.7. The predicted octanol–water partition coefficient (Wildman–Crippen LogP) is 5.58. The highest BCUT2D eigenvalue weighted by molar-refractivity contribution is 5.95. The van der Waals surface area contributed by atoms with Crippen LogP contribution < -0.4 is 5.73 Å². The van der Waals surface area contributed by atoms with Crippen molar-refractivity contribution in [2.45, 2.75) is 77.5 Å². The van der Waals surface area contributed by atoms with Crippen LogP contribution in [0, 0.1) is 0 Å². The Hall–Kier alpha value is -4.90. The summed E-state index contributed by atoms with van der Waals surface area (Å²) < 4.78 is 7.06. The lowest BCUT2D eigenvalue weighted by atomic mass is 9.91. The van der Waals surface area contributed by atoms with Gasteiger partial charge in [0.2, 0.25) is 5.95 Å². The molecule has 45 heavy (non-hydrogen) atoms. The fourth-order valence-electron chi connectivity index (χ4n) is 5.12. The Morgan fingerprint density at radius 2 is 1.73 bits per heavy atom. The summed E-state index contributed by atoms with van der Waals surface area (Å²) in [6.07, 6.45) is 9.58. The number of unbranched alkanes of at least 4 members (excludes halogenated alkanes) is 1. The quantitative estimate of drug-likeness (QED) is 0.121. The number of pyridine rings is 1. The summed E-state index contributed by atoms with van der Waals surface area (Å²) >= 11 is 0. The van der Waals surface area contributed by atoms with E-state index < -0.39 is 11.2 Å². The van der Waals surface area contributed by atoms with Crippen LogP contribution in [-0.4, -0.2) is 52.2 Å². The van der Waals surface area contributed by atoms with E-state index in [-0.39, 0.29) is 17.7 Å². The SMILES string of the molecule is CC(C)(C)OC(=O)CCCCC(=O)CCn1cc(-c2cnc3[nH]cc(-c4cc(C(C)(O)c5ccccc5)nc(N)n4)c3c2)cn1. The Kier molecular flexibility index (Phi) is 9.10. The van der Waals surface area contributed by atoms with Crippen LogP contribution in [-0.2, 0) is 26.5 Å². The molecule has 11 nitrogen and oxygen atoms in total. The minimum Gasteiger partial charge on any atom is -0.460 e. The van der Waals surface area contributed by atoms with Crippen molar-refractivity contribution in [3.63, 3.8) is 0 Å². The molecule has 0 amide bonds. The number of carbonyl (C=O) groups excluding carboxylic acids is 2. The van der Waals surface area contributed by atoms with Gasteiger partial charge in [-0.25, -0.2) is 15.0 Å². The summed E-state index contributed by atoms with van der Waals surface area (Å²) in [6, 6.07) is 13.0. The van der Waals surface area contributed by atoms with Crippen LogP contribution >= 0.6 is 0 Å². The van der Waals surface area contributed by atoms with Crippen molar-refractivity contribution >= 4 is 28.7 Å². The topological polar surface area (TPSA) is 162 Å². The number of aryl methyl sites for hydroxylation is 1. The fourth-order valence-corrected chi connectivity index (χ4v) is 5.12. The van der Waals surface area contributed by atoms with Gasteiger partial charge in [-0.2, -0.15) is 5.10 Å². The molecule has 1 unspecified atom stereocenters. The summed E-state index contributed by atoms with van der Waals surface area (Å²) in [5.74, 6) is -0.0531. The molecule has 4 heterocycles. The second-order valence-corrected chi connectivity index (χ2v) is 12.3. The summed E-state index contributed by atoms with van der Waals surface area (Å²) in [5.41, 5.74) is 9.01. The molecule has 11 heteroatoms. The third-order valence-electron chi connectivity index (χ3n) is 7.48. The van der Waals surface area contributed by atoms with Crippen LogP contribution in [0.1, 0.15) is 71.1 Å². The number of aromatic amines is 1. The number of fused-ring (bicyclic) bond motifs is 1. The molecule has 234 valence electrons. The monoisotopic (exact) mass is 609 g/mol. The van der Waals surface area contributed by atoms with E-state index >= 15 is 0 Å². The second-order valence-electron chi connectivity index (χ2n) is 12.3. The van der Waals surface area contributed by atoms with Crippen molar-refractivity contribution in [1.29, 1.82) is 0 Å². The molecule has 4 N–H and O–H groups in total. The zero-order chi connectivity index (χ0) is 32.2. The van der Waals surface area contributed by atoms with Gasteiger partial charge in [-0.3, -0.25) is 14.3 Å². The van der Waals surface area contributed by atoms with Gasteiger partial charge in [0, 0.05) is 66.5 Å². The van der Waals surface area contributed by atoms with Crippen molar-refractivity contribution in [3.05, 3.63) is 78.5 Å². The molecule has 0 saturated carbocycles. The molecule has 1 aromatic carbocycles. The van der Waals surface area contributed by atoms with Gasteiger partial charge in [0.25, 0.3) is 0 Å². The van der Waals surface area contributed by atoms with Crippen molar-refractivity contribution in [2.75, 3.05) is 5.73 Å². The lowest BCUT2D eigenvalue weighted by molar-refractivity contribution is -0.155. The zero-order valence-electron chi connectivity index (χ0n) is 26.1. The highest BCUT2D eigenvalue weighted by atomic mass is 16.6. The van der Waals surface area contributed by atoms with Gasteiger partial charge in [-0.05, 0) is 58.2 Å². The van der Waals surface area contributed by atoms with E-state index in [2.05, 4.69) is 25.0 Å². The molecule has 0 aliphatic heterocycles. The molecule has 0 aliphatic rings. The minimum absolute atomic E-state index is 0.0519. The Morgan fingerprint density at radius 1 is 0.978 bits per heavy atom. The van der Waals surface area contributed by atoms with Crippen LogP contribution in [0.2, 0.25) is 0 Å². The van der Waals surface area contributed by atoms with E-state index in [1.165, 1.54) is 0 Å². The molecule has 4 aromatic heterocycles. The van der Waals surface area contributed by atoms with Crippen molar-refractivity contribution in [3.8, 4) is 22.4 Å². The number of hydrogen-bond donors (Lipinski definition) is 3. The molecular weight excluding hydrogens is 570 g/mol. The summed E-state index contributed by atoms with van der Waals surface area (Å²) in [4.78, 5) is 40.9. The number of esters is 1. The van der Waals surface area contributed by atoms with E-state index in [1.54, 1.807) is 30.1 Å². The van der Waals surface area contributed by atoms with Crippen molar-refractivity contribution in [1.82, 2.24) is 29.7 Å². The van der Waals surface area contributed by atoms with E-state index in [0.29, 0.717) is 61.2 Å². The fraction of sp³-hybridized carbons (Fsp3) is 0.353. The summed E-state index contributed by atoms with van der Waals surface area (Å²) in [7, 11) is 0. The van der Waals surface area contributed by atoms with Gasteiger partial charge in [0.1, 0.15) is 22.6 Å². The average molecular weight is 610 g/mol. The van der Waals surface area contributed by atoms with Crippen LogP contribution in [0.25, 0.3) is 33.4 Å². The molecule has 5 aromatic rings. The van der Waals surface area contributed by atoms with E-state index in [1.807, 2.05) is 69.6 Å². The Labute approximate surface area is 261 Å². The van der Waals surface area contributed by atoms with Crippen molar-refractivity contribution < 1.29 is 19.4 Å². The molecule has 0 aliphatic carbocycles. The summed E-state index contributed by atoms with van der Waals surface area (Å²) in [6.45, 7) is 7.66. The van der Waals surface area contributed by atoms with E-state index in [0.717, 1.165) is 22.1 Å². The van der Waals surface area contributed by atoms with Crippen molar-refractivity contribution in [2.24, 2.45) is 0 Å². The molecule has 0 saturated heterocycles. The molecule has 0 radical (unpaired) electrons. The molecular formula is C34H39N7O4. The number of nitrogens with one attached hydrogen (secondary N) is 1. The lowest BCUT2D eigenvalue weighted by Gasteiger charge is -2.24. The van der Waals surface area contributed by atoms with E-state index in [4.69, 9.17) is 10.5 Å². The number of carbonyl (C=O) groups is 2. The normalized spacial score (nSPS) is 13.1. The number of aromatic nitrogens is 6. The number of rotatable bonds is 12. The second kappa shape index (κ2) is 13.0. The molecule has 0 bridgehead atoms. The maximum Gasteiger partial charge on any atom is 0.306 e. The maximum absolute atomic E-state index is 12.4. The number of aliphatic hydroxyl groups is 1. The van der Waals surface area contributed by atoms with Gasteiger partial charge in [0.15, 0.2) is 0 Å². The third kappa shape index (κ3) is 7.79. The number of hydrogen-bond acceptors (Lipinski definition) is 9. The molecule has 5 rings (SSSR count). The van der Waals surface area contributed by atoms with Crippen LogP contribution in [0.4, 0.5) is 5.95 Å². The van der Waals surface area contributed by atoms with Crippen LogP contribution in [0.5, 0.6) is 0 Å². The largest absolute Gasteiger partial charge is 0.460 e. The maximum atomic E-state index is 12.4. The van der Waals surface area contributed by atoms with Crippen LogP contribution in [0.3, 0.4) is 0 Å². The van der Waals surface area contributed by atoms with E-state index in [9.17, 15) is 14.7 Å². The highest BCUT2D eigenvalue weighted by Gasteiger charge is 2.29. The Balaban J connectivity index is 1.25. The Morgan fingerprint density at radius 3 is 2.49 bits per heavy atom. The predicted molar refractivity (Wildman–Crippen MR) is 172 cm³/mol. The van der Waals surface area contributed by atoms with Gasteiger partial charge < -0.3 is 20.6 Å². The number of H-pyrrole nitrogens is 1. The number of ether oxygens (including phenoxy) is 1.